The van der Waals surface area contributed by atoms with E-state index in [4.69, 9.17) is 9.84 Å². The summed E-state index contributed by atoms with van der Waals surface area (Å²) in [6.45, 7) is 2.22. The molecule has 0 unspecified atom stereocenters. The van der Waals surface area contributed by atoms with Gasteiger partial charge in [0.2, 0.25) is 0 Å². The second kappa shape index (κ2) is 9.65. The molecule has 0 saturated heterocycles. The molecule has 0 amide bonds. The van der Waals surface area contributed by atoms with Gasteiger partial charge in [-0.2, -0.15) is 5.10 Å². The molecule has 2 aromatic heterocycles. The number of hydrogen-bond donors (Lipinski definition) is 2. The van der Waals surface area contributed by atoms with E-state index in [1.54, 1.807) is 30.1 Å². The minimum Gasteiger partial charge on any atom is -0.481 e. The summed E-state index contributed by atoms with van der Waals surface area (Å²) in [5, 5.41) is 14.3. The first-order chi connectivity index (χ1) is 17.4. The molecule has 182 valence electrons. The Morgan fingerprint density at radius 1 is 1.06 bits per heavy atom. The molecule has 0 bridgehead atoms. The Bertz CT molecular complexity index is 1570. The summed E-state index contributed by atoms with van der Waals surface area (Å²) in [4.78, 5) is 13.8. The molecule has 0 atom stereocenters. The fourth-order valence-corrected chi connectivity index (χ4v) is 4.24. The molecule has 2 N–H and O–H groups in total. The summed E-state index contributed by atoms with van der Waals surface area (Å²) in [5.74, 6) is -1.44. The predicted molar refractivity (Wildman–Crippen MR) is 132 cm³/mol. The van der Waals surface area contributed by atoms with Crippen LogP contribution in [0.5, 0.6) is 11.5 Å². The molecular weight excluding hydrogens is 464 g/mol. The fraction of sp³-hybridized carbons (Fsp3) is 0.143. The van der Waals surface area contributed by atoms with E-state index in [0.29, 0.717) is 35.5 Å². The molecule has 6 nitrogen and oxygen atoms in total. The van der Waals surface area contributed by atoms with Crippen molar-refractivity contribution in [1.82, 2.24) is 14.8 Å². The molecule has 5 aromatic rings. The maximum Gasteiger partial charge on any atom is 0.303 e. The Kier molecular flexibility index (Phi) is 6.25. The smallest absolute Gasteiger partial charge is 0.303 e. The van der Waals surface area contributed by atoms with Crippen LogP contribution >= 0.6 is 0 Å². The lowest BCUT2D eigenvalue weighted by Crippen LogP contribution is -2.02. The van der Waals surface area contributed by atoms with E-state index >= 15 is 0 Å². The van der Waals surface area contributed by atoms with Crippen molar-refractivity contribution >= 4 is 16.9 Å². The number of nitrogens with zero attached hydrogens (tertiary/aromatic N) is 2. The molecule has 0 saturated carbocycles. The van der Waals surface area contributed by atoms with Crippen molar-refractivity contribution in [3.8, 4) is 22.8 Å². The van der Waals surface area contributed by atoms with Gasteiger partial charge in [0, 0.05) is 46.9 Å². The molecule has 0 aliphatic rings. The van der Waals surface area contributed by atoms with Gasteiger partial charge in [0.15, 0.2) is 11.6 Å². The number of ether oxygens (including phenoxy) is 1. The summed E-state index contributed by atoms with van der Waals surface area (Å²) >= 11 is 0. The summed E-state index contributed by atoms with van der Waals surface area (Å²) < 4.78 is 37.0. The van der Waals surface area contributed by atoms with Crippen molar-refractivity contribution in [1.29, 1.82) is 0 Å². The van der Waals surface area contributed by atoms with Crippen molar-refractivity contribution in [2.24, 2.45) is 0 Å². The second-order valence-electron chi connectivity index (χ2n) is 8.61. The van der Waals surface area contributed by atoms with E-state index in [-0.39, 0.29) is 17.7 Å². The molecule has 0 fully saturated rings. The van der Waals surface area contributed by atoms with E-state index in [0.717, 1.165) is 16.5 Å². The van der Waals surface area contributed by atoms with Crippen LogP contribution in [0.2, 0.25) is 0 Å². The average Bonchev–Trinajstić information content (AvgIpc) is 3.51. The van der Waals surface area contributed by atoms with Crippen molar-refractivity contribution in [3.05, 3.63) is 101 Å². The minimum atomic E-state index is -0.840. The third-order valence-corrected chi connectivity index (χ3v) is 6.05. The number of aryl methyl sites for hydroxylation is 2. The Morgan fingerprint density at radius 3 is 2.72 bits per heavy atom. The Hall–Kier alpha value is -4.46. The van der Waals surface area contributed by atoms with Gasteiger partial charge in [-0.05, 0) is 54.8 Å². The molecule has 0 spiro atoms. The van der Waals surface area contributed by atoms with Crippen LogP contribution in [-0.4, -0.2) is 25.8 Å². The van der Waals surface area contributed by atoms with E-state index in [2.05, 4.69) is 10.1 Å². The van der Waals surface area contributed by atoms with Crippen LogP contribution in [0.4, 0.5) is 8.78 Å². The zero-order valence-electron chi connectivity index (χ0n) is 19.5. The van der Waals surface area contributed by atoms with Crippen LogP contribution in [-0.2, 0) is 17.8 Å². The summed E-state index contributed by atoms with van der Waals surface area (Å²) in [5.41, 5.74) is 3.86. The number of carbonyl (C=O) groups is 1. The highest BCUT2D eigenvalue weighted by Crippen LogP contribution is 2.35. The molecule has 0 aliphatic carbocycles. The third-order valence-electron chi connectivity index (χ3n) is 6.05. The number of carboxylic acid groups (broad SMARTS) is 1. The summed E-state index contributed by atoms with van der Waals surface area (Å²) in [7, 11) is 0. The Morgan fingerprint density at radius 2 is 1.89 bits per heavy atom. The SMILES string of the molecule is Cc1c(Oc2ccc(F)c(-c3ccn(Cc4cccc(CCC(=O)O)c4)n3)c2)c(F)cc2[nH]ccc12. The molecule has 0 aliphatic heterocycles. The lowest BCUT2D eigenvalue weighted by molar-refractivity contribution is -0.136. The van der Waals surface area contributed by atoms with Gasteiger partial charge in [0.25, 0.3) is 0 Å². The van der Waals surface area contributed by atoms with Crippen molar-refractivity contribution in [3.63, 3.8) is 0 Å². The number of H-pyrrole nitrogens is 1. The van der Waals surface area contributed by atoms with Crippen molar-refractivity contribution < 1.29 is 23.4 Å². The van der Waals surface area contributed by atoms with E-state index in [9.17, 15) is 13.6 Å². The molecule has 3 aromatic carbocycles. The number of rotatable bonds is 8. The lowest BCUT2D eigenvalue weighted by atomic mass is 10.1. The molecule has 2 heterocycles. The first kappa shape index (κ1) is 23.3. The molecule has 36 heavy (non-hydrogen) atoms. The average molecular weight is 488 g/mol. The standard InChI is InChI=1S/C28H23F2N3O3/c1-17-21-9-11-31-26(21)15-24(30)28(17)36-20-6-7-23(29)22(14-20)25-10-12-33(32-25)16-19-4-2-3-18(13-19)5-8-27(34)35/h2-4,6-7,9-15,31H,5,8,16H2,1H3,(H,34,35). The number of nitrogens with one attached hydrogen (secondary N) is 1. The maximum atomic E-state index is 14.7. The number of benzene rings is 3. The number of aliphatic carboxylic acids is 1. The largest absolute Gasteiger partial charge is 0.481 e. The van der Waals surface area contributed by atoms with Gasteiger partial charge in [0.05, 0.1) is 12.2 Å². The normalized spacial score (nSPS) is 11.2. The Labute approximate surface area is 205 Å². The Balaban J connectivity index is 1.37. The number of aromatic nitrogens is 3. The zero-order chi connectivity index (χ0) is 25.2. The highest BCUT2D eigenvalue weighted by molar-refractivity contribution is 5.85. The van der Waals surface area contributed by atoms with Gasteiger partial charge >= 0.3 is 5.97 Å². The van der Waals surface area contributed by atoms with Crippen LogP contribution < -0.4 is 4.74 Å². The maximum absolute atomic E-state index is 14.7. The van der Waals surface area contributed by atoms with Crippen LogP contribution in [0.15, 0.2) is 73.1 Å². The molecular formula is C28H23F2N3O3. The van der Waals surface area contributed by atoms with Crippen LogP contribution in [0.1, 0.15) is 23.1 Å². The van der Waals surface area contributed by atoms with Gasteiger partial charge in [-0.1, -0.05) is 24.3 Å². The number of halogens is 2. The monoisotopic (exact) mass is 487 g/mol. The quantitative estimate of drug-likeness (QED) is 0.263. The third kappa shape index (κ3) is 4.84. The summed E-state index contributed by atoms with van der Waals surface area (Å²) in [6, 6.07) is 16.8. The zero-order valence-corrected chi connectivity index (χ0v) is 19.5. The van der Waals surface area contributed by atoms with Gasteiger partial charge in [0.1, 0.15) is 11.6 Å². The lowest BCUT2D eigenvalue weighted by Gasteiger charge is -2.12. The van der Waals surface area contributed by atoms with E-state index < -0.39 is 17.6 Å². The number of aromatic amines is 1. The van der Waals surface area contributed by atoms with Crippen molar-refractivity contribution in [2.45, 2.75) is 26.3 Å². The number of hydrogen-bond acceptors (Lipinski definition) is 3. The van der Waals surface area contributed by atoms with Gasteiger partial charge in [-0.25, -0.2) is 8.78 Å². The van der Waals surface area contributed by atoms with Gasteiger partial charge in [-0.15, -0.1) is 0 Å². The summed E-state index contributed by atoms with van der Waals surface area (Å²) in [6.07, 6.45) is 3.99. The first-order valence-electron chi connectivity index (χ1n) is 11.4. The highest BCUT2D eigenvalue weighted by atomic mass is 19.1. The number of carboxylic acids is 1. The van der Waals surface area contributed by atoms with Crippen molar-refractivity contribution in [2.75, 3.05) is 0 Å². The van der Waals surface area contributed by atoms with E-state index in [1.165, 1.54) is 24.3 Å². The minimum absolute atomic E-state index is 0.0650. The predicted octanol–water partition coefficient (Wildman–Crippen LogP) is 6.48. The van der Waals surface area contributed by atoms with Crippen LogP contribution in [0.25, 0.3) is 22.2 Å². The van der Waals surface area contributed by atoms with Gasteiger partial charge in [-0.3, -0.25) is 9.48 Å². The van der Waals surface area contributed by atoms with Crippen LogP contribution in [0.3, 0.4) is 0 Å². The highest BCUT2D eigenvalue weighted by Gasteiger charge is 2.16. The molecule has 0 radical (unpaired) electrons. The molecule has 5 rings (SSSR count). The first-order valence-corrected chi connectivity index (χ1v) is 11.4. The van der Waals surface area contributed by atoms with Gasteiger partial charge < -0.3 is 14.8 Å². The number of fused-ring (bicyclic) bond motifs is 1. The topological polar surface area (TPSA) is 80.1 Å². The molecule has 8 heteroatoms. The second-order valence-corrected chi connectivity index (χ2v) is 8.61. The van der Waals surface area contributed by atoms with Crippen LogP contribution in [0, 0.1) is 18.6 Å². The van der Waals surface area contributed by atoms with E-state index in [1.807, 2.05) is 30.3 Å². The fourth-order valence-electron chi connectivity index (χ4n) is 4.24.